The number of rotatable bonds is 3. The largest absolute Gasteiger partial charge is 0.507 e. The molecule has 1 fully saturated rings. The predicted octanol–water partition coefficient (Wildman–Crippen LogP) is 2.35. The number of aromatic hydroxyl groups is 1. The summed E-state index contributed by atoms with van der Waals surface area (Å²) in [6.45, 7) is 0. The van der Waals surface area contributed by atoms with Crippen LogP contribution in [0.5, 0.6) is 5.75 Å². The maximum absolute atomic E-state index is 12.4. The molecular formula is C13H19NO3S. The first-order valence-electron chi connectivity index (χ1n) is 6.29. The Morgan fingerprint density at radius 1 is 1.17 bits per heavy atom. The highest BCUT2D eigenvalue weighted by Crippen LogP contribution is 2.29. The summed E-state index contributed by atoms with van der Waals surface area (Å²) >= 11 is 0. The number of phenols is 1. The van der Waals surface area contributed by atoms with Crippen LogP contribution in [0.3, 0.4) is 0 Å². The monoisotopic (exact) mass is 269 g/mol. The summed E-state index contributed by atoms with van der Waals surface area (Å²) < 4.78 is 26.3. The van der Waals surface area contributed by atoms with Crippen LogP contribution in [0.1, 0.15) is 32.1 Å². The number of phenolic OH excluding ortho intramolecular Hbond substituents is 1. The van der Waals surface area contributed by atoms with Crippen molar-refractivity contribution in [2.24, 2.45) is 0 Å². The second-order valence-corrected chi connectivity index (χ2v) is 6.75. The summed E-state index contributed by atoms with van der Waals surface area (Å²) in [5.41, 5.74) is 0. The van der Waals surface area contributed by atoms with E-state index in [1.165, 1.54) is 22.9 Å². The minimum atomic E-state index is -3.59. The van der Waals surface area contributed by atoms with E-state index >= 15 is 0 Å². The van der Waals surface area contributed by atoms with Gasteiger partial charge in [-0.15, -0.1) is 0 Å². The predicted molar refractivity (Wildman–Crippen MR) is 69.9 cm³/mol. The standard InChI is InChI=1S/C13H19NO3S/c1-14(11-7-3-2-4-8-11)18(16,17)13-10-6-5-9-12(13)15/h5-6,9-11,15H,2-4,7-8H2,1H3. The molecular weight excluding hydrogens is 250 g/mol. The molecule has 0 radical (unpaired) electrons. The molecule has 0 bridgehead atoms. The lowest BCUT2D eigenvalue weighted by molar-refractivity contribution is 0.285. The average Bonchev–Trinajstić information content (AvgIpc) is 2.39. The topological polar surface area (TPSA) is 57.6 Å². The molecule has 0 saturated heterocycles. The Hall–Kier alpha value is -1.07. The number of nitrogens with zero attached hydrogens (tertiary/aromatic N) is 1. The maximum atomic E-state index is 12.4. The molecule has 1 aliphatic carbocycles. The van der Waals surface area contributed by atoms with E-state index in [0.717, 1.165) is 25.7 Å². The van der Waals surface area contributed by atoms with Gasteiger partial charge in [0.05, 0.1) is 0 Å². The van der Waals surface area contributed by atoms with E-state index in [-0.39, 0.29) is 16.7 Å². The van der Waals surface area contributed by atoms with Crippen LogP contribution < -0.4 is 0 Å². The lowest BCUT2D eigenvalue weighted by Gasteiger charge is -2.30. The summed E-state index contributed by atoms with van der Waals surface area (Å²) in [4.78, 5) is -0.00178. The molecule has 4 nitrogen and oxygen atoms in total. The Balaban J connectivity index is 2.28. The van der Waals surface area contributed by atoms with Crippen LogP contribution in [-0.4, -0.2) is 30.9 Å². The zero-order chi connectivity index (χ0) is 13.2. The molecule has 0 atom stereocenters. The molecule has 1 aromatic rings. The van der Waals surface area contributed by atoms with Gasteiger partial charge < -0.3 is 5.11 Å². The first-order chi connectivity index (χ1) is 8.53. The molecule has 1 N–H and O–H groups in total. The van der Waals surface area contributed by atoms with E-state index in [0.29, 0.717) is 0 Å². The second-order valence-electron chi connectivity index (χ2n) is 4.78. The van der Waals surface area contributed by atoms with Gasteiger partial charge >= 0.3 is 0 Å². The molecule has 18 heavy (non-hydrogen) atoms. The summed E-state index contributed by atoms with van der Waals surface area (Å²) in [6.07, 6.45) is 5.14. The van der Waals surface area contributed by atoms with E-state index < -0.39 is 10.0 Å². The number of para-hydroxylation sites is 1. The molecule has 0 unspecified atom stereocenters. The van der Waals surface area contributed by atoms with Crippen LogP contribution >= 0.6 is 0 Å². The highest BCUT2D eigenvalue weighted by atomic mass is 32.2. The van der Waals surface area contributed by atoms with Crippen molar-refractivity contribution in [3.8, 4) is 5.75 Å². The van der Waals surface area contributed by atoms with Crippen molar-refractivity contribution in [1.29, 1.82) is 0 Å². The van der Waals surface area contributed by atoms with Crippen molar-refractivity contribution in [3.05, 3.63) is 24.3 Å². The van der Waals surface area contributed by atoms with Gasteiger partial charge in [0.2, 0.25) is 10.0 Å². The third-order valence-electron chi connectivity index (χ3n) is 3.61. The van der Waals surface area contributed by atoms with Crippen LogP contribution in [-0.2, 0) is 10.0 Å². The maximum Gasteiger partial charge on any atom is 0.246 e. The lowest BCUT2D eigenvalue weighted by Crippen LogP contribution is -2.38. The van der Waals surface area contributed by atoms with Crippen molar-refractivity contribution < 1.29 is 13.5 Å². The van der Waals surface area contributed by atoms with E-state index in [9.17, 15) is 13.5 Å². The Kier molecular flexibility index (Phi) is 3.92. The molecule has 5 heteroatoms. The van der Waals surface area contributed by atoms with Crippen LogP contribution in [0.15, 0.2) is 29.2 Å². The van der Waals surface area contributed by atoms with Crippen LogP contribution in [0.2, 0.25) is 0 Å². The van der Waals surface area contributed by atoms with E-state index in [4.69, 9.17) is 0 Å². The first-order valence-corrected chi connectivity index (χ1v) is 7.73. The molecule has 0 heterocycles. The van der Waals surface area contributed by atoms with Crippen molar-refractivity contribution in [2.45, 2.75) is 43.0 Å². The molecule has 0 spiro atoms. The smallest absolute Gasteiger partial charge is 0.246 e. The van der Waals surface area contributed by atoms with Crippen molar-refractivity contribution >= 4 is 10.0 Å². The van der Waals surface area contributed by atoms with Gasteiger partial charge in [-0.2, -0.15) is 4.31 Å². The zero-order valence-electron chi connectivity index (χ0n) is 10.5. The Morgan fingerprint density at radius 3 is 2.39 bits per heavy atom. The van der Waals surface area contributed by atoms with Gasteiger partial charge in [0.25, 0.3) is 0 Å². The van der Waals surface area contributed by atoms with Gasteiger partial charge in [-0.3, -0.25) is 0 Å². The normalized spacial score (nSPS) is 18.1. The van der Waals surface area contributed by atoms with Gasteiger partial charge in [0.15, 0.2) is 0 Å². The Bertz CT molecular complexity index is 507. The van der Waals surface area contributed by atoms with Gasteiger partial charge in [-0.05, 0) is 25.0 Å². The van der Waals surface area contributed by atoms with Gasteiger partial charge in [-0.1, -0.05) is 31.4 Å². The van der Waals surface area contributed by atoms with Crippen LogP contribution in [0, 0.1) is 0 Å². The SMILES string of the molecule is CN(C1CCCCC1)S(=O)(=O)c1ccccc1O. The Labute approximate surface area is 108 Å². The molecule has 1 aromatic carbocycles. The number of benzene rings is 1. The number of hydrogen-bond acceptors (Lipinski definition) is 3. The van der Waals surface area contributed by atoms with Crippen molar-refractivity contribution in [3.63, 3.8) is 0 Å². The molecule has 0 aromatic heterocycles. The minimum absolute atomic E-state index is 0.00178. The minimum Gasteiger partial charge on any atom is -0.507 e. The van der Waals surface area contributed by atoms with Gasteiger partial charge in [-0.25, -0.2) is 8.42 Å². The Morgan fingerprint density at radius 2 is 1.78 bits per heavy atom. The number of hydrogen-bond donors (Lipinski definition) is 1. The van der Waals surface area contributed by atoms with E-state index in [1.807, 2.05) is 0 Å². The quantitative estimate of drug-likeness (QED) is 0.916. The second kappa shape index (κ2) is 5.28. The number of sulfonamides is 1. The van der Waals surface area contributed by atoms with Crippen molar-refractivity contribution in [2.75, 3.05) is 7.05 Å². The third kappa shape index (κ3) is 2.52. The third-order valence-corrected chi connectivity index (χ3v) is 5.57. The first kappa shape index (κ1) is 13.4. The molecule has 1 aliphatic rings. The summed E-state index contributed by atoms with van der Waals surface area (Å²) in [5.74, 6) is -0.180. The lowest BCUT2D eigenvalue weighted by atomic mass is 9.96. The average molecular weight is 269 g/mol. The summed E-state index contributed by atoms with van der Waals surface area (Å²) in [5, 5.41) is 9.69. The van der Waals surface area contributed by atoms with Crippen LogP contribution in [0.25, 0.3) is 0 Å². The highest BCUT2D eigenvalue weighted by Gasteiger charge is 2.30. The van der Waals surface area contributed by atoms with Gasteiger partial charge in [0.1, 0.15) is 10.6 Å². The fourth-order valence-electron chi connectivity index (χ4n) is 2.47. The van der Waals surface area contributed by atoms with Gasteiger partial charge in [0, 0.05) is 13.1 Å². The molecule has 0 amide bonds. The summed E-state index contributed by atoms with van der Waals surface area (Å²) in [6, 6.07) is 6.16. The molecule has 2 rings (SSSR count). The zero-order valence-corrected chi connectivity index (χ0v) is 11.4. The van der Waals surface area contributed by atoms with Crippen LogP contribution in [0.4, 0.5) is 0 Å². The fraction of sp³-hybridized carbons (Fsp3) is 0.538. The fourth-order valence-corrected chi connectivity index (χ4v) is 3.97. The highest BCUT2D eigenvalue weighted by molar-refractivity contribution is 7.89. The van der Waals surface area contributed by atoms with E-state index in [2.05, 4.69) is 0 Å². The molecule has 100 valence electrons. The van der Waals surface area contributed by atoms with E-state index in [1.54, 1.807) is 19.2 Å². The van der Waals surface area contributed by atoms with Crippen molar-refractivity contribution in [1.82, 2.24) is 4.31 Å². The molecule has 0 aliphatic heterocycles. The molecule has 1 saturated carbocycles. The summed E-state index contributed by atoms with van der Waals surface area (Å²) in [7, 11) is -1.98.